The molecule has 1 aliphatic rings. The standard InChI is InChI=1S/C29H39N3O9/c1-6-16(2)26(28(38)30-11-7-8-23(35)36)32-21(33)14-31-22(34)15-39-20-13-19-18(9-10-29(4,5)41-19)27-25(20)17(3)12-24(37)40-27/h12-13,16,26H,6-11,14-15H2,1-5H3,(H,30,38)(H,31,34)(H,32,33)(H,35,36)/t16-,26+/m0/s1. The van der Waals surface area contributed by atoms with E-state index in [4.69, 9.17) is 19.0 Å². The monoisotopic (exact) mass is 573 g/mol. The van der Waals surface area contributed by atoms with Crippen LogP contribution >= 0.6 is 0 Å². The molecule has 0 spiro atoms. The molecular weight excluding hydrogens is 534 g/mol. The second-order valence-corrected chi connectivity index (χ2v) is 11.0. The van der Waals surface area contributed by atoms with Gasteiger partial charge in [0.15, 0.2) is 6.61 Å². The SMILES string of the molecule is CC[C@H](C)[C@@H](NC(=O)CNC(=O)COc1cc2c(c3oc(=O)cc(C)c13)CCC(C)(C)O2)C(=O)NCCCC(=O)O. The summed E-state index contributed by atoms with van der Waals surface area (Å²) >= 11 is 0. The summed E-state index contributed by atoms with van der Waals surface area (Å²) in [6.07, 6.45) is 2.20. The van der Waals surface area contributed by atoms with E-state index in [0.717, 1.165) is 12.0 Å². The molecule has 3 amide bonds. The number of hydrogen-bond donors (Lipinski definition) is 4. The van der Waals surface area contributed by atoms with Gasteiger partial charge in [-0.25, -0.2) is 4.79 Å². The number of carboxylic acids is 1. The van der Waals surface area contributed by atoms with Crippen LogP contribution in [0.3, 0.4) is 0 Å². The molecule has 0 saturated carbocycles. The van der Waals surface area contributed by atoms with E-state index in [1.165, 1.54) is 6.07 Å². The first-order valence-electron chi connectivity index (χ1n) is 13.8. The molecule has 2 heterocycles. The van der Waals surface area contributed by atoms with Crippen molar-refractivity contribution in [1.29, 1.82) is 0 Å². The van der Waals surface area contributed by atoms with Crippen LogP contribution in [0.25, 0.3) is 11.0 Å². The van der Waals surface area contributed by atoms with Crippen molar-refractivity contribution in [2.24, 2.45) is 5.92 Å². The molecule has 41 heavy (non-hydrogen) atoms. The summed E-state index contributed by atoms with van der Waals surface area (Å²) in [5.74, 6) is -1.85. The van der Waals surface area contributed by atoms with Crippen LogP contribution in [0.2, 0.25) is 0 Å². The zero-order valence-corrected chi connectivity index (χ0v) is 24.2. The van der Waals surface area contributed by atoms with Crippen molar-refractivity contribution < 1.29 is 38.2 Å². The molecule has 2 atom stereocenters. The molecule has 4 N–H and O–H groups in total. The van der Waals surface area contributed by atoms with Crippen LogP contribution in [-0.4, -0.2) is 60.1 Å². The number of ether oxygens (including phenoxy) is 2. The average molecular weight is 574 g/mol. The Bertz CT molecular complexity index is 1370. The minimum absolute atomic E-state index is 0.0744. The van der Waals surface area contributed by atoms with Gasteiger partial charge >= 0.3 is 11.6 Å². The summed E-state index contributed by atoms with van der Waals surface area (Å²) in [4.78, 5) is 60.5. The third kappa shape index (κ3) is 8.45. The van der Waals surface area contributed by atoms with E-state index in [0.29, 0.717) is 40.9 Å². The summed E-state index contributed by atoms with van der Waals surface area (Å²) < 4.78 is 17.5. The molecule has 1 aliphatic heterocycles. The number of hydrogen-bond acceptors (Lipinski definition) is 8. The van der Waals surface area contributed by atoms with Crippen LogP contribution in [0.1, 0.15) is 64.5 Å². The summed E-state index contributed by atoms with van der Waals surface area (Å²) in [5.41, 5.74) is 0.865. The van der Waals surface area contributed by atoms with Crippen molar-refractivity contribution in [3.05, 3.63) is 33.7 Å². The fourth-order valence-corrected chi connectivity index (χ4v) is 4.60. The number of aliphatic carboxylic acids is 1. The molecule has 0 bridgehead atoms. The summed E-state index contributed by atoms with van der Waals surface area (Å²) in [5, 5.41) is 17.1. The van der Waals surface area contributed by atoms with Crippen molar-refractivity contribution >= 4 is 34.7 Å². The van der Waals surface area contributed by atoms with Gasteiger partial charge in [0.1, 0.15) is 28.7 Å². The molecule has 12 nitrogen and oxygen atoms in total. The fourth-order valence-electron chi connectivity index (χ4n) is 4.60. The Balaban J connectivity index is 1.62. The summed E-state index contributed by atoms with van der Waals surface area (Å²) in [6, 6.07) is 2.21. The minimum atomic E-state index is -0.954. The maximum absolute atomic E-state index is 12.6. The maximum Gasteiger partial charge on any atom is 0.336 e. The third-order valence-electron chi connectivity index (χ3n) is 7.09. The number of carbonyl (C=O) groups is 4. The van der Waals surface area contributed by atoms with Gasteiger partial charge < -0.3 is 34.9 Å². The van der Waals surface area contributed by atoms with Crippen LogP contribution in [-0.2, 0) is 25.6 Å². The Kier molecular flexibility index (Phi) is 10.4. The van der Waals surface area contributed by atoms with E-state index < -0.39 is 47.6 Å². The van der Waals surface area contributed by atoms with Gasteiger partial charge in [0, 0.05) is 30.7 Å². The third-order valence-corrected chi connectivity index (χ3v) is 7.09. The van der Waals surface area contributed by atoms with E-state index in [1.807, 2.05) is 27.7 Å². The zero-order chi connectivity index (χ0) is 30.3. The Morgan fingerprint density at radius 1 is 1.15 bits per heavy atom. The highest BCUT2D eigenvalue weighted by Gasteiger charge is 2.31. The Hall–Kier alpha value is -4.09. The van der Waals surface area contributed by atoms with E-state index >= 15 is 0 Å². The Morgan fingerprint density at radius 3 is 2.56 bits per heavy atom. The first-order chi connectivity index (χ1) is 19.3. The molecule has 0 fully saturated rings. The number of benzene rings is 1. The van der Waals surface area contributed by atoms with Crippen LogP contribution in [0.5, 0.6) is 11.5 Å². The maximum atomic E-state index is 12.6. The molecule has 0 unspecified atom stereocenters. The molecule has 2 aromatic rings. The molecule has 0 radical (unpaired) electrons. The average Bonchev–Trinajstić information content (AvgIpc) is 2.89. The van der Waals surface area contributed by atoms with Crippen molar-refractivity contribution in [2.45, 2.75) is 78.4 Å². The normalized spacial score (nSPS) is 15.1. The van der Waals surface area contributed by atoms with Gasteiger partial charge in [-0.05, 0) is 51.5 Å². The Labute approximate surface area is 238 Å². The van der Waals surface area contributed by atoms with Crippen LogP contribution in [0.15, 0.2) is 21.3 Å². The number of amides is 3. The molecule has 12 heteroatoms. The lowest BCUT2D eigenvalue weighted by Gasteiger charge is -2.33. The highest BCUT2D eigenvalue weighted by Crippen LogP contribution is 2.42. The smallest absolute Gasteiger partial charge is 0.336 e. The van der Waals surface area contributed by atoms with Crippen LogP contribution < -0.4 is 31.0 Å². The van der Waals surface area contributed by atoms with E-state index in [-0.39, 0.29) is 31.8 Å². The first kappa shape index (κ1) is 31.4. The van der Waals surface area contributed by atoms with Gasteiger partial charge in [0.05, 0.1) is 11.9 Å². The number of carboxylic acid groups (broad SMARTS) is 1. The van der Waals surface area contributed by atoms with E-state index in [9.17, 15) is 24.0 Å². The van der Waals surface area contributed by atoms with Crippen molar-refractivity contribution in [3.8, 4) is 11.5 Å². The number of nitrogens with one attached hydrogen (secondary N) is 3. The topological polar surface area (TPSA) is 173 Å². The van der Waals surface area contributed by atoms with Crippen molar-refractivity contribution in [1.82, 2.24) is 16.0 Å². The predicted molar refractivity (Wildman–Crippen MR) is 150 cm³/mol. The highest BCUT2D eigenvalue weighted by molar-refractivity contribution is 5.92. The molecule has 1 aromatic carbocycles. The number of carbonyl (C=O) groups excluding carboxylic acids is 3. The van der Waals surface area contributed by atoms with Crippen LogP contribution in [0, 0.1) is 12.8 Å². The molecule has 1 aromatic heterocycles. The van der Waals surface area contributed by atoms with Crippen molar-refractivity contribution in [2.75, 3.05) is 19.7 Å². The van der Waals surface area contributed by atoms with Crippen molar-refractivity contribution in [3.63, 3.8) is 0 Å². The number of rotatable bonds is 13. The zero-order valence-electron chi connectivity index (χ0n) is 24.2. The fraction of sp³-hybridized carbons (Fsp3) is 0.552. The van der Waals surface area contributed by atoms with Gasteiger partial charge in [0.2, 0.25) is 11.8 Å². The lowest BCUT2D eigenvalue weighted by atomic mass is 9.92. The lowest BCUT2D eigenvalue weighted by Crippen LogP contribution is -2.52. The minimum Gasteiger partial charge on any atom is -0.487 e. The van der Waals surface area contributed by atoms with Crippen LogP contribution in [0.4, 0.5) is 0 Å². The van der Waals surface area contributed by atoms with Gasteiger partial charge in [-0.3, -0.25) is 19.2 Å². The van der Waals surface area contributed by atoms with Gasteiger partial charge in [-0.1, -0.05) is 20.3 Å². The van der Waals surface area contributed by atoms with Gasteiger partial charge in [-0.2, -0.15) is 0 Å². The summed E-state index contributed by atoms with van der Waals surface area (Å²) in [7, 11) is 0. The first-order valence-corrected chi connectivity index (χ1v) is 13.8. The second-order valence-electron chi connectivity index (χ2n) is 11.0. The molecule has 0 aliphatic carbocycles. The molecule has 0 saturated heterocycles. The largest absolute Gasteiger partial charge is 0.487 e. The lowest BCUT2D eigenvalue weighted by molar-refractivity contribution is -0.137. The number of fused-ring (bicyclic) bond motifs is 3. The van der Waals surface area contributed by atoms with E-state index in [2.05, 4.69) is 16.0 Å². The highest BCUT2D eigenvalue weighted by atomic mass is 16.5. The number of aryl methyl sites for hydroxylation is 2. The molecule has 224 valence electrons. The Morgan fingerprint density at radius 2 is 1.88 bits per heavy atom. The van der Waals surface area contributed by atoms with Gasteiger partial charge in [-0.15, -0.1) is 0 Å². The molecular formula is C29H39N3O9. The van der Waals surface area contributed by atoms with Gasteiger partial charge in [0.25, 0.3) is 5.91 Å². The van der Waals surface area contributed by atoms with E-state index in [1.54, 1.807) is 13.0 Å². The quantitative estimate of drug-likeness (QED) is 0.207. The molecule has 3 rings (SSSR count). The predicted octanol–water partition coefficient (Wildman–Crippen LogP) is 2.21. The summed E-state index contributed by atoms with van der Waals surface area (Å²) in [6.45, 7) is 8.74. The second kappa shape index (κ2) is 13.5.